The van der Waals surface area contributed by atoms with Gasteiger partial charge in [0.1, 0.15) is 35.6 Å². The molecule has 172 valence electrons. The van der Waals surface area contributed by atoms with Gasteiger partial charge in [0.25, 0.3) is 0 Å². The first-order valence-corrected chi connectivity index (χ1v) is 11.6. The van der Waals surface area contributed by atoms with Gasteiger partial charge in [0.2, 0.25) is 11.5 Å². The van der Waals surface area contributed by atoms with Gasteiger partial charge < -0.3 is 30.6 Å². The van der Waals surface area contributed by atoms with Crippen LogP contribution < -0.4 is 21.1 Å². The first-order valence-electron chi connectivity index (χ1n) is 10.8. The van der Waals surface area contributed by atoms with Crippen molar-refractivity contribution < 1.29 is 19.0 Å². The summed E-state index contributed by atoms with van der Waals surface area (Å²) in [6, 6.07) is 7.51. The maximum atomic E-state index is 13.0. The molecule has 0 saturated heterocycles. The molecule has 8 nitrogen and oxygen atoms in total. The number of likely N-dealkylation sites (N-methyl/N-ethyl adjacent to an activating group) is 1. The van der Waals surface area contributed by atoms with Crippen molar-refractivity contribution in [2.24, 2.45) is 0 Å². The van der Waals surface area contributed by atoms with Crippen molar-refractivity contribution in [3.63, 3.8) is 0 Å². The van der Waals surface area contributed by atoms with Gasteiger partial charge in [0.05, 0.1) is 0 Å². The van der Waals surface area contributed by atoms with Gasteiger partial charge in [-0.1, -0.05) is 36.5 Å². The average Bonchev–Trinajstić information content (AvgIpc) is 3.22. The molecular formula is C24H26N4O4S. The number of aromatic nitrogens is 1. The van der Waals surface area contributed by atoms with Gasteiger partial charge in [-0.2, -0.15) is 0 Å². The third kappa shape index (κ3) is 5.82. The maximum absolute atomic E-state index is 13.0. The SMILES string of the molecule is CCNCCOc1ccc(Nc2nc(N)c(C(=O)C3=COC=C(C4=CC=CCC4)O3)s2)cc1. The Balaban J connectivity index is 1.38. The van der Waals surface area contributed by atoms with Crippen molar-refractivity contribution in [2.45, 2.75) is 19.8 Å². The molecule has 2 aromatic rings. The Morgan fingerprint density at radius 2 is 2.12 bits per heavy atom. The van der Waals surface area contributed by atoms with E-state index in [9.17, 15) is 4.79 Å². The minimum Gasteiger partial charge on any atom is -0.492 e. The molecule has 1 aromatic carbocycles. The molecule has 9 heteroatoms. The third-order valence-electron chi connectivity index (χ3n) is 4.89. The highest BCUT2D eigenvalue weighted by molar-refractivity contribution is 7.18. The summed E-state index contributed by atoms with van der Waals surface area (Å²) in [5.41, 5.74) is 7.82. The van der Waals surface area contributed by atoms with Gasteiger partial charge in [-0.05, 0) is 49.2 Å². The van der Waals surface area contributed by atoms with Crippen LogP contribution in [-0.2, 0) is 9.47 Å². The van der Waals surface area contributed by atoms with Crippen LogP contribution in [0.1, 0.15) is 29.4 Å². The molecule has 0 bridgehead atoms. The van der Waals surface area contributed by atoms with Crippen molar-refractivity contribution in [2.75, 3.05) is 30.7 Å². The molecule has 33 heavy (non-hydrogen) atoms. The second kappa shape index (κ2) is 10.8. The van der Waals surface area contributed by atoms with Crippen molar-refractivity contribution in [1.29, 1.82) is 0 Å². The van der Waals surface area contributed by atoms with Gasteiger partial charge in [-0.3, -0.25) is 4.79 Å². The molecular weight excluding hydrogens is 440 g/mol. The quantitative estimate of drug-likeness (QED) is 0.343. The molecule has 2 aliphatic rings. The number of thiazole rings is 1. The first kappa shape index (κ1) is 22.6. The Morgan fingerprint density at radius 1 is 1.27 bits per heavy atom. The molecule has 0 saturated carbocycles. The fourth-order valence-electron chi connectivity index (χ4n) is 3.21. The molecule has 1 aromatic heterocycles. The predicted molar refractivity (Wildman–Crippen MR) is 129 cm³/mol. The zero-order valence-electron chi connectivity index (χ0n) is 18.3. The monoisotopic (exact) mass is 466 g/mol. The van der Waals surface area contributed by atoms with Gasteiger partial charge in [0.15, 0.2) is 10.9 Å². The number of anilines is 3. The van der Waals surface area contributed by atoms with E-state index in [1.165, 1.54) is 12.5 Å². The fraction of sp³-hybridized carbons (Fsp3) is 0.250. The Labute approximate surface area is 196 Å². The minimum atomic E-state index is -0.375. The number of rotatable bonds is 10. The summed E-state index contributed by atoms with van der Waals surface area (Å²) in [6.45, 7) is 4.36. The number of ketones is 1. The van der Waals surface area contributed by atoms with Crippen LogP contribution in [0, 0.1) is 0 Å². The number of benzene rings is 1. The van der Waals surface area contributed by atoms with E-state index in [1.807, 2.05) is 36.4 Å². The number of hydrogen-bond donors (Lipinski definition) is 3. The van der Waals surface area contributed by atoms with Crippen LogP contribution in [0.2, 0.25) is 0 Å². The molecule has 4 rings (SSSR count). The van der Waals surface area contributed by atoms with Crippen LogP contribution in [0.3, 0.4) is 0 Å². The lowest BCUT2D eigenvalue weighted by molar-refractivity contribution is 0.0938. The number of carbonyl (C=O) groups is 1. The lowest BCUT2D eigenvalue weighted by Gasteiger charge is -2.18. The van der Waals surface area contributed by atoms with E-state index < -0.39 is 0 Å². The lowest BCUT2D eigenvalue weighted by Crippen LogP contribution is -2.20. The molecule has 0 spiro atoms. The smallest absolute Gasteiger partial charge is 0.245 e. The van der Waals surface area contributed by atoms with E-state index in [4.69, 9.17) is 19.9 Å². The Kier molecular flexibility index (Phi) is 7.43. The van der Waals surface area contributed by atoms with Crippen LogP contribution in [-0.4, -0.2) is 30.5 Å². The van der Waals surface area contributed by atoms with Crippen molar-refractivity contribution in [1.82, 2.24) is 10.3 Å². The summed E-state index contributed by atoms with van der Waals surface area (Å²) in [4.78, 5) is 17.6. The number of ether oxygens (including phenoxy) is 3. The first-order chi connectivity index (χ1) is 16.1. The van der Waals surface area contributed by atoms with Crippen LogP contribution in [0.5, 0.6) is 5.75 Å². The number of Topliss-reactive ketones (excluding diaryl/α,β-unsaturated/α-hetero) is 1. The van der Waals surface area contributed by atoms with Gasteiger partial charge in [-0.25, -0.2) is 4.98 Å². The van der Waals surface area contributed by atoms with Gasteiger partial charge in [-0.15, -0.1) is 0 Å². The highest BCUT2D eigenvalue weighted by Crippen LogP contribution is 2.33. The minimum absolute atomic E-state index is 0.0731. The summed E-state index contributed by atoms with van der Waals surface area (Å²) in [6.07, 6.45) is 10.5. The van der Waals surface area contributed by atoms with E-state index in [-0.39, 0.29) is 22.2 Å². The molecule has 1 aliphatic heterocycles. The molecule has 0 unspecified atom stereocenters. The molecule has 0 amide bonds. The van der Waals surface area contributed by atoms with Crippen molar-refractivity contribution in [3.05, 3.63) is 77.0 Å². The van der Waals surface area contributed by atoms with E-state index in [0.29, 0.717) is 17.5 Å². The number of nitrogens with one attached hydrogen (secondary N) is 2. The molecule has 0 fully saturated rings. The maximum Gasteiger partial charge on any atom is 0.245 e. The second-order valence-corrected chi connectivity index (χ2v) is 8.27. The molecule has 0 radical (unpaired) electrons. The van der Waals surface area contributed by atoms with E-state index >= 15 is 0 Å². The molecule has 1 aliphatic carbocycles. The Hall–Kier alpha value is -3.56. The number of nitrogens with zero attached hydrogens (tertiary/aromatic N) is 1. The van der Waals surface area contributed by atoms with Gasteiger partial charge >= 0.3 is 0 Å². The summed E-state index contributed by atoms with van der Waals surface area (Å²) in [5.74, 6) is 1.14. The van der Waals surface area contributed by atoms with Crippen molar-refractivity contribution in [3.8, 4) is 5.75 Å². The van der Waals surface area contributed by atoms with Crippen LogP contribution in [0.15, 0.2) is 72.1 Å². The van der Waals surface area contributed by atoms with Crippen molar-refractivity contribution >= 4 is 33.8 Å². The standard InChI is InChI=1S/C24H26N4O4S/c1-2-26-12-13-31-18-10-8-17(9-11-18)27-24-28-23(25)22(33-24)21(29)20-15-30-14-19(32-20)16-6-4-3-5-7-16/h3-4,6,8-11,14-15,26H,2,5,7,12-13,25H2,1H3,(H,27,28). The van der Waals surface area contributed by atoms with E-state index in [2.05, 4.69) is 28.6 Å². The summed E-state index contributed by atoms with van der Waals surface area (Å²) < 4.78 is 16.9. The topological polar surface area (TPSA) is 108 Å². The second-order valence-electron chi connectivity index (χ2n) is 7.27. The summed E-state index contributed by atoms with van der Waals surface area (Å²) in [5, 5.41) is 6.89. The highest BCUT2D eigenvalue weighted by atomic mass is 32.1. The summed E-state index contributed by atoms with van der Waals surface area (Å²) >= 11 is 1.16. The Bertz CT molecular complexity index is 1120. The number of carbonyl (C=O) groups excluding carboxylic acids is 1. The molecule has 4 N–H and O–H groups in total. The predicted octanol–water partition coefficient (Wildman–Crippen LogP) is 4.65. The number of nitrogens with two attached hydrogens (primary N) is 1. The third-order valence-corrected chi connectivity index (χ3v) is 5.87. The van der Waals surface area contributed by atoms with E-state index in [1.54, 1.807) is 0 Å². The summed E-state index contributed by atoms with van der Waals surface area (Å²) in [7, 11) is 0. The largest absolute Gasteiger partial charge is 0.492 e. The molecule has 0 atom stereocenters. The fourth-order valence-corrected chi connectivity index (χ4v) is 4.06. The number of allylic oxidation sites excluding steroid dienone is 5. The van der Waals surface area contributed by atoms with Crippen LogP contribution in [0.25, 0.3) is 0 Å². The normalized spacial score (nSPS) is 15.0. The number of nitrogen functional groups attached to an aromatic ring is 1. The van der Waals surface area contributed by atoms with Crippen LogP contribution in [0.4, 0.5) is 16.6 Å². The Morgan fingerprint density at radius 3 is 2.88 bits per heavy atom. The highest BCUT2D eigenvalue weighted by Gasteiger charge is 2.26. The van der Waals surface area contributed by atoms with Crippen LogP contribution >= 0.6 is 11.3 Å². The van der Waals surface area contributed by atoms with E-state index in [0.717, 1.165) is 54.3 Å². The zero-order chi connectivity index (χ0) is 23.0. The van der Waals surface area contributed by atoms with Gasteiger partial charge in [0, 0.05) is 12.2 Å². The number of hydrogen-bond acceptors (Lipinski definition) is 9. The average molecular weight is 467 g/mol. The lowest BCUT2D eigenvalue weighted by atomic mass is 10.0. The molecule has 2 heterocycles. The zero-order valence-corrected chi connectivity index (χ0v) is 19.1.